The first-order valence-corrected chi connectivity index (χ1v) is 10.3. The van der Waals surface area contributed by atoms with Crippen LogP contribution in [0.2, 0.25) is 0 Å². The van der Waals surface area contributed by atoms with E-state index in [4.69, 9.17) is 0 Å². The van der Waals surface area contributed by atoms with Gasteiger partial charge in [-0.2, -0.15) is 0 Å². The summed E-state index contributed by atoms with van der Waals surface area (Å²) in [6.07, 6.45) is 21.8. The molecule has 0 spiro atoms. The van der Waals surface area contributed by atoms with Crippen LogP contribution in [0.25, 0.3) is 0 Å². The number of hydrogen-bond acceptors (Lipinski definition) is 2. The Hall–Kier alpha value is -0.0800. The van der Waals surface area contributed by atoms with E-state index in [-0.39, 0.29) is 0 Å². The number of rotatable bonds is 15. The minimum atomic E-state index is 1.04. The predicted molar refractivity (Wildman–Crippen MR) is 99.5 cm³/mol. The second-order valence-corrected chi connectivity index (χ2v) is 7.33. The lowest BCUT2D eigenvalue weighted by Gasteiger charge is -2.22. The molecule has 2 nitrogen and oxygen atoms in total. The van der Waals surface area contributed by atoms with Crippen molar-refractivity contribution in [3.8, 4) is 0 Å². The van der Waals surface area contributed by atoms with Gasteiger partial charge in [-0.25, -0.2) is 0 Å². The Bertz CT molecular complexity index is 212. The highest BCUT2D eigenvalue weighted by molar-refractivity contribution is 4.68. The molecule has 0 unspecified atom stereocenters. The van der Waals surface area contributed by atoms with Crippen molar-refractivity contribution < 1.29 is 0 Å². The molecule has 0 aromatic carbocycles. The first kappa shape index (κ1) is 20.0. The van der Waals surface area contributed by atoms with Crippen LogP contribution in [0.4, 0.5) is 0 Å². The van der Waals surface area contributed by atoms with E-state index in [9.17, 15) is 0 Å². The fourth-order valence-electron chi connectivity index (χ4n) is 3.67. The van der Waals surface area contributed by atoms with Crippen molar-refractivity contribution in [2.45, 2.75) is 96.3 Å². The molecule has 1 aliphatic rings. The van der Waals surface area contributed by atoms with Crippen molar-refractivity contribution in [1.29, 1.82) is 0 Å². The zero-order valence-electron chi connectivity index (χ0n) is 15.3. The van der Waals surface area contributed by atoms with Gasteiger partial charge in [0, 0.05) is 0 Å². The highest BCUT2D eigenvalue weighted by Crippen LogP contribution is 2.20. The Balaban J connectivity index is 1.68. The molecular weight excluding hydrogens is 268 g/mol. The largest absolute Gasteiger partial charge is 0.320 e. The highest BCUT2D eigenvalue weighted by Gasteiger charge is 2.11. The van der Waals surface area contributed by atoms with Gasteiger partial charge >= 0.3 is 0 Å². The molecule has 0 radical (unpaired) electrons. The van der Waals surface area contributed by atoms with Crippen molar-refractivity contribution in [2.24, 2.45) is 5.92 Å². The van der Waals surface area contributed by atoms with Crippen molar-refractivity contribution in [3.63, 3.8) is 0 Å². The predicted octanol–water partition coefficient (Wildman–Crippen LogP) is 5.28. The summed E-state index contributed by atoms with van der Waals surface area (Å²) in [5.74, 6) is 1.04. The van der Waals surface area contributed by atoms with Gasteiger partial charge in [0.2, 0.25) is 0 Å². The Morgan fingerprint density at radius 3 is 1.64 bits per heavy atom. The maximum absolute atomic E-state index is 3.46. The standard InChI is InChI=1S/C20H42N2/c1-21-17-13-11-9-7-5-3-2-4-6-8-10-12-14-20-15-18-22-19-16-20/h20-22H,2-19H2,1H3. The molecule has 1 saturated heterocycles. The second-order valence-electron chi connectivity index (χ2n) is 7.33. The van der Waals surface area contributed by atoms with Gasteiger partial charge in [0.1, 0.15) is 0 Å². The molecule has 22 heavy (non-hydrogen) atoms. The van der Waals surface area contributed by atoms with Crippen LogP contribution in [0.5, 0.6) is 0 Å². The summed E-state index contributed by atoms with van der Waals surface area (Å²) < 4.78 is 0. The first-order chi connectivity index (χ1) is 10.9. The van der Waals surface area contributed by atoms with Gasteiger partial charge in [0.15, 0.2) is 0 Å². The van der Waals surface area contributed by atoms with E-state index in [1.165, 1.54) is 116 Å². The van der Waals surface area contributed by atoms with E-state index in [1.807, 2.05) is 7.05 Å². The molecule has 0 amide bonds. The fourth-order valence-corrected chi connectivity index (χ4v) is 3.67. The summed E-state index contributed by atoms with van der Waals surface area (Å²) in [5.41, 5.74) is 0. The van der Waals surface area contributed by atoms with Crippen molar-refractivity contribution in [1.82, 2.24) is 10.6 Å². The van der Waals surface area contributed by atoms with Crippen LogP contribution in [0, 0.1) is 5.92 Å². The molecule has 132 valence electrons. The lowest BCUT2D eigenvalue weighted by molar-refractivity contribution is 0.342. The SMILES string of the molecule is CNCCCCCCCCCCCCCCC1CCNCC1. The molecule has 0 bridgehead atoms. The van der Waals surface area contributed by atoms with E-state index in [0.717, 1.165) is 5.92 Å². The average molecular weight is 311 g/mol. The van der Waals surface area contributed by atoms with Gasteiger partial charge in [-0.05, 0) is 51.9 Å². The van der Waals surface area contributed by atoms with E-state index in [1.54, 1.807) is 0 Å². The third-order valence-electron chi connectivity index (χ3n) is 5.25. The van der Waals surface area contributed by atoms with Gasteiger partial charge in [-0.3, -0.25) is 0 Å². The van der Waals surface area contributed by atoms with Crippen LogP contribution in [-0.4, -0.2) is 26.7 Å². The smallest absolute Gasteiger partial charge is 0.00463 e. The topological polar surface area (TPSA) is 24.1 Å². The molecule has 0 saturated carbocycles. The Labute approximate surface area is 140 Å². The normalized spacial score (nSPS) is 16.2. The summed E-state index contributed by atoms with van der Waals surface area (Å²) in [5, 5.41) is 6.69. The maximum Gasteiger partial charge on any atom is -0.00463 e. The van der Waals surface area contributed by atoms with Crippen molar-refractivity contribution in [3.05, 3.63) is 0 Å². The molecule has 0 atom stereocenters. The van der Waals surface area contributed by atoms with Crippen molar-refractivity contribution in [2.75, 3.05) is 26.7 Å². The summed E-state index contributed by atoms with van der Waals surface area (Å²) in [7, 11) is 2.05. The lowest BCUT2D eigenvalue weighted by Crippen LogP contribution is -2.27. The van der Waals surface area contributed by atoms with Gasteiger partial charge in [-0.15, -0.1) is 0 Å². The summed E-state index contributed by atoms with van der Waals surface area (Å²) in [6.45, 7) is 3.72. The summed E-state index contributed by atoms with van der Waals surface area (Å²) >= 11 is 0. The quantitative estimate of drug-likeness (QED) is 0.402. The average Bonchev–Trinajstić information content (AvgIpc) is 2.56. The van der Waals surface area contributed by atoms with E-state index < -0.39 is 0 Å². The van der Waals surface area contributed by atoms with E-state index in [0.29, 0.717) is 0 Å². The first-order valence-electron chi connectivity index (χ1n) is 10.3. The van der Waals surface area contributed by atoms with Crippen LogP contribution in [0.3, 0.4) is 0 Å². The van der Waals surface area contributed by atoms with Gasteiger partial charge < -0.3 is 10.6 Å². The monoisotopic (exact) mass is 310 g/mol. The molecule has 2 heteroatoms. The van der Waals surface area contributed by atoms with E-state index in [2.05, 4.69) is 10.6 Å². The zero-order valence-corrected chi connectivity index (χ0v) is 15.3. The second kappa shape index (κ2) is 15.8. The van der Waals surface area contributed by atoms with Gasteiger partial charge in [-0.1, -0.05) is 77.0 Å². The number of piperidine rings is 1. The van der Waals surface area contributed by atoms with Crippen LogP contribution >= 0.6 is 0 Å². The van der Waals surface area contributed by atoms with Crippen LogP contribution in [0.15, 0.2) is 0 Å². The molecule has 1 fully saturated rings. The Morgan fingerprint density at radius 2 is 1.14 bits per heavy atom. The maximum atomic E-state index is 3.46. The molecule has 1 heterocycles. The number of unbranched alkanes of at least 4 members (excludes halogenated alkanes) is 11. The molecule has 2 N–H and O–H groups in total. The minimum Gasteiger partial charge on any atom is -0.320 e. The molecule has 0 aromatic heterocycles. The summed E-state index contributed by atoms with van der Waals surface area (Å²) in [4.78, 5) is 0. The fraction of sp³-hybridized carbons (Fsp3) is 1.00. The highest BCUT2D eigenvalue weighted by atomic mass is 14.9. The van der Waals surface area contributed by atoms with Crippen LogP contribution < -0.4 is 10.6 Å². The molecule has 1 rings (SSSR count). The van der Waals surface area contributed by atoms with Crippen LogP contribution in [-0.2, 0) is 0 Å². The number of nitrogens with one attached hydrogen (secondary N) is 2. The lowest BCUT2D eigenvalue weighted by atomic mass is 9.92. The van der Waals surface area contributed by atoms with Crippen molar-refractivity contribution >= 4 is 0 Å². The molecule has 1 aliphatic heterocycles. The van der Waals surface area contributed by atoms with Gasteiger partial charge in [0.05, 0.1) is 0 Å². The number of hydrogen-bond donors (Lipinski definition) is 2. The molecule has 0 aliphatic carbocycles. The van der Waals surface area contributed by atoms with Gasteiger partial charge in [0.25, 0.3) is 0 Å². The third kappa shape index (κ3) is 12.5. The minimum absolute atomic E-state index is 1.04. The van der Waals surface area contributed by atoms with E-state index >= 15 is 0 Å². The molecular formula is C20H42N2. The third-order valence-corrected chi connectivity index (χ3v) is 5.25. The zero-order chi connectivity index (χ0) is 15.7. The Kier molecular flexibility index (Phi) is 14.3. The summed E-state index contributed by atoms with van der Waals surface area (Å²) in [6, 6.07) is 0. The molecule has 0 aromatic rings. The van der Waals surface area contributed by atoms with Crippen LogP contribution in [0.1, 0.15) is 96.3 Å². The Morgan fingerprint density at radius 1 is 0.682 bits per heavy atom.